The zero-order valence-corrected chi connectivity index (χ0v) is 9.57. The number of halogens is 1. The number of nitrogens with two attached hydrogens (primary N) is 2. The summed E-state index contributed by atoms with van der Waals surface area (Å²) in [7, 11) is 0. The number of hydrogen-bond donors (Lipinski definition) is 2. The highest BCUT2D eigenvalue weighted by Gasteiger charge is 2.07. The predicted molar refractivity (Wildman–Crippen MR) is 62.3 cm³/mol. The Labute approximate surface area is 92.4 Å². The van der Waals surface area contributed by atoms with Gasteiger partial charge in [0.1, 0.15) is 0 Å². The molecule has 4 N–H and O–H groups in total. The summed E-state index contributed by atoms with van der Waals surface area (Å²) in [5, 5.41) is 0. The molecule has 5 heteroatoms. The third-order valence-electron chi connectivity index (χ3n) is 1.89. The summed E-state index contributed by atoms with van der Waals surface area (Å²) in [5.74, 6) is 0. The summed E-state index contributed by atoms with van der Waals surface area (Å²) in [6, 6.07) is 1.95. The molecular formula is C9H15BrN4. The molecule has 1 aromatic rings. The molecule has 14 heavy (non-hydrogen) atoms. The minimum atomic E-state index is 0.620. The van der Waals surface area contributed by atoms with E-state index < -0.39 is 0 Å². The highest BCUT2D eigenvalue weighted by molar-refractivity contribution is 9.10. The number of nitrogens with zero attached hydrogens (tertiary/aromatic N) is 2. The molecule has 4 nitrogen and oxygen atoms in total. The minimum absolute atomic E-state index is 0.620. The molecule has 0 fully saturated rings. The maximum atomic E-state index is 5.53. The molecule has 0 saturated carbocycles. The maximum absolute atomic E-state index is 5.53. The van der Waals surface area contributed by atoms with Crippen LogP contribution < -0.4 is 16.4 Å². The largest absolute Gasteiger partial charge is 0.368 e. The molecule has 0 bridgehead atoms. The molecule has 1 rings (SSSR count). The lowest BCUT2D eigenvalue weighted by Crippen LogP contribution is -2.34. The van der Waals surface area contributed by atoms with Gasteiger partial charge in [-0.2, -0.15) is 0 Å². The van der Waals surface area contributed by atoms with Gasteiger partial charge in [-0.3, -0.25) is 4.98 Å². The first kappa shape index (κ1) is 11.4. The number of pyridine rings is 1. The van der Waals surface area contributed by atoms with Gasteiger partial charge in [0.15, 0.2) is 0 Å². The summed E-state index contributed by atoms with van der Waals surface area (Å²) in [4.78, 5) is 6.16. The number of hydrogen-bond acceptors (Lipinski definition) is 4. The van der Waals surface area contributed by atoms with Crippen molar-refractivity contribution in [1.82, 2.24) is 4.98 Å². The van der Waals surface area contributed by atoms with Gasteiger partial charge in [0, 0.05) is 38.6 Å². The maximum Gasteiger partial charge on any atom is 0.0592 e. The summed E-state index contributed by atoms with van der Waals surface area (Å²) < 4.78 is 0.974. The van der Waals surface area contributed by atoms with E-state index in [-0.39, 0.29) is 0 Å². The molecular weight excluding hydrogens is 244 g/mol. The lowest BCUT2D eigenvalue weighted by atomic mass is 10.3. The summed E-state index contributed by atoms with van der Waals surface area (Å²) in [5.41, 5.74) is 12.2. The monoisotopic (exact) mass is 258 g/mol. The summed E-state index contributed by atoms with van der Waals surface area (Å²) in [6.45, 7) is 2.85. The van der Waals surface area contributed by atoms with E-state index in [0.717, 1.165) is 23.2 Å². The highest BCUT2D eigenvalue weighted by Crippen LogP contribution is 2.23. The Bertz CT molecular complexity index is 273. The first-order chi connectivity index (χ1) is 6.79. The Balaban J connectivity index is 2.81. The number of rotatable bonds is 5. The second-order valence-corrected chi connectivity index (χ2v) is 3.75. The van der Waals surface area contributed by atoms with Gasteiger partial charge >= 0.3 is 0 Å². The second-order valence-electron chi connectivity index (χ2n) is 2.89. The van der Waals surface area contributed by atoms with Crippen LogP contribution in [0.15, 0.2) is 22.9 Å². The Morgan fingerprint density at radius 1 is 1.29 bits per heavy atom. The molecule has 0 aromatic carbocycles. The van der Waals surface area contributed by atoms with E-state index >= 15 is 0 Å². The summed E-state index contributed by atoms with van der Waals surface area (Å²) in [6.07, 6.45) is 3.54. The van der Waals surface area contributed by atoms with E-state index in [1.807, 2.05) is 6.07 Å². The molecule has 0 spiro atoms. The fourth-order valence-corrected chi connectivity index (χ4v) is 1.79. The van der Waals surface area contributed by atoms with Crippen molar-refractivity contribution in [3.05, 3.63) is 22.9 Å². The van der Waals surface area contributed by atoms with E-state index in [0.29, 0.717) is 13.1 Å². The van der Waals surface area contributed by atoms with Gasteiger partial charge in [0.05, 0.1) is 10.2 Å². The van der Waals surface area contributed by atoms with Crippen molar-refractivity contribution in [2.75, 3.05) is 31.1 Å². The molecule has 1 heterocycles. The molecule has 0 aliphatic rings. The van der Waals surface area contributed by atoms with Crippen molar-refractivity contribution in [2.45, 2.75) is 0 Å². The molecule has 0 saturated heterocycles. The van der Waals surface area contributed by atoms with Crippen LogP contribution in [-0.4, -0.2) is 31.2 Å². The Kier molecular flexibility index (Phi) is 4.86. The van der Waals surface area contributed by atoms with Crippen LogP contribution in [0.2, 0.25) is 0 Å². The second kappa shape index (κ2) is 5.95. The van der Waals surface area contributed by atoms with E-state index in [9.17, 15) is 0 Å². The Morgan fingerprint density at radius 3 is 2.43 bits per heavy atom. The van der Waals surface area contributed by atoms with Crippen LogP contribution in [0.5, 0.6) is 0 Å². The average molecular weight is 259 g/mol. The molecule has 78 valence electrons. The van der Waals surface area contributed by atoms with Crippen LogP contribution in [0.25, 0.3) is 0 Å². The topological polar surface area (TPSA) is 68.2 Å². The van der Waals surface area contributed by atoms with Crippen molar-refractivity contribution >= 4 is 21.6 Å². The molecule has 0 radical (unpaired) electrons. The van der Waals surface area contributed by atoms with Gasteiger partial charge in [0.25, 0.3) is 0 Å². The predicted octanol–water partition coefficient (Wildman–Crippen LogP) is 0.568. The van der Waals surface area contributed by atoms with Crippen LogP contribution in [-0.2, 0) is 0 Å². The SMILES string of the molecule is NCCN(CCN)c1ccncc1Br. The van der Waals surface area contributed by atoms with Crippen molar-refractivity contribution in [3.8, 4) is 0 Å². The van der Waals surface area contributed by atoms with Gasteiger partial charge in [-0.15, -0.1) is 0 Å². The molecule has 1 aromatic heterocycles. The quantitative estimate of drug-likeness (QED) is 0.811. The van der Waals surface area contributed by atoms with E-state index in [1.165, 1.54) is 0 Å². The molecule has 0 aliphatic heterocycles. The van der Waals surface area contributed by atoms with E-state index in [1.54, 1.807) is 12.4 Å². The molecule has 0 amide bonds. The van der Waals surface area contributed by atoms with Crippen LogP contribution in [0, 0.1) is 0 Å². The minimum Gasteiger partial charge on any atom is -0.368 e. The van der Waals surface area contributed by atoms with Crippen LogP contribution in [0.4, 0.5) is 5.69 Å². The van der Waals surface area contributed by atoms with Crippen molar-refractivity contribution in [3.63, 3.8) is 0 Å². The number of aromatic nitrogens is 1. The zero-order valence-electron chi connectivity index (χ0n) is 7.99. The van der Waals surface area contributed by atoms with Crippen LogP contribution in [0.3, 0.4) is 0 Å². The molecule has 0 aliphatic carbocycles. The fraction of sp³-hybridized carbons (Fsp3) is 0.444. The normalized spacial score (nSPS) is 10.2. The van der Waals surface area contributed by atoms with Crippen LogP contribution in [0.1, 0.15) is 0 Å². The third kappa shape index (κ3) is 2.94. The van der Waals surface area contributed by atoms with Crippen molar-refractivity contribution < 1.29 is 0 Å². The standard InChI is InChI=1S/C9H15BrN4/c10-8-7-13-4-1-9(8)14(5-2-11)6-3-12/h1,4,7H,2-3,5-6,11-12H2. The first-order valence-electron chi connectivity index (χ1n) is 4.54. The summed E-state index contributed by atoms with van der Waals surface area (Å²) >= 11 is 3.45. The Morgan fingerprint density at radius 2 is 1.93 bits per heavy atom. The average Bonchev–Trinajstić information content (AvgIpc) is 2.18. The molecule has 0 atom stereocenters. The lowest BCUT2D eigenvalue weighted by molar-refractivity contribution is 0.780. The number of anilines is 1. The molecule has 0 unspecified atom stereocenters. The van der Waals surface area contributed by atoms with Gasteiger partial charge in [-0.25, -0.2) is 0 Å². The van der Waals surface area contributed by atoms with E-state index in [2.05, 4.69) is 25.8 Å². The lowest BCUT2D eigenvalue weighted by Gasteiger charge is -2.24. The zero-order chi connectivity index (χ0) is 10.4. The Hall–Kier alpha value is -0.650. The van der Waals surface area contributed by atoms with Crippen LogP contribution >= 0.6 is 15.9 Å². The van der Waals surface area contributed by atoms with Crippen molar-refractivity contribution in [2.24, 2.45) is 11.5 Å². The van der Waals surface area contributed by atoms with Crippen molar-refractivity contribution in [1.29, 1.82) is 0 Å². The first-order valence-corrected chi connectivity index (χ1v) is 5.33. The van der Waals surface area contributed by atoms with Gasteiger partial charge in [-0.1, -0.05) is 0 Å². The highest BCUT2D eigenvalue weighted by atomic mass is 79.9. The van der Waals surface area contributed by atoms with E-state index in [4.69, 9.17) is 11.5 Å². The van der Waals surface area contributed by atoms with Gasteiger partial charge < -0.3 is 16.4 Å². The fourth-order valence-electron chi connectivity index (χ4n) is 1.29. The third-order valence-corrected chi connectivity index (χ3v) is 2.50. The van der Waals surface area contributed by atoms with Gasteiger partial charge in [0.2, 0.25) is 0 Å². The smallest absolute Gasteiger partial charge is 0.0592 e. The van der Waals surface area contributed by atoms with Gasteiger partial charge in [-0.05, 0) is 22.0 Å².